The lowest BCUT2D eigenvalue weighted by molar-refractivity contribution is 0.224. The van der Waals surface area contributed by atoms with E-state index in [1.807, 2.05) is 0 Å². The number of likely N-dealkylation sites (tertiary alicyclic amines) is 1. The molecule has 3 nitrogen and oxygen atoms in total. The fraction of sp³-hybridized carbons (Fsp3) is 0.842. The normalized spacial score (nSPS) is 16.2. The van der Waals surface area contributed by atoms with Crippen LogP contribution in [0.15, 0.2) is 6.07 Å². The highest BCUT2D eigenvalue weighted by Gasteiger charge is 2.08. The summed E-state index contributed by atoms with van der Waals surface area (Å²) in [6, 6.07) is 2.27. The van der Waals surface area contributed by atoms with Gasteiger partial charge in [0.15, 0.2) is 0 Å². The van der Waals surface area contributed by atoms with Gasteiger partial charge in [0.2, 0.25) is 0 Å². The Labute approximate surface area is 136 Å². The van der Waals surface area contributed by atoms with Crippen LogP contribution < -0.4 is 0 Å². The second kappa shape index (κ2) is 10.8. The van der Waals surface area contributed by atoms with Crippen LogP contribution >= 0.6 is 0 Å². The van der Waals surface area contributed by atoms with Crippen LogP contribution in [0.5, 0.6) is 0 Å². The number of nitrogens with zero attached hydrogens (tertiary/aromatic N) is 2. The molecule has 0 atom stereocenters. The standard InChI is InChI=1S/C19H35N3/c1-2-3-12-18-17-19(21-20-18)13-8-5-4-6-9-14-22-15-10-7-11-16-22/h17H,2-16H2,1H3,(H,20,21). The molecule has 22 heavy (non-hydrogen) atoms. The first-order chi connectivity index (χ1) is 10.9. The van der Waals surface area contributed by atoms with Crippen LogP contribution in [0.1, 0.15) is 82.5 Å². The Morgan fingerprint density at radius 1 is 0.955 bits per heavy atom. The monoisotopic (exact) mass is 305 g/mol. The van der Waals surface area contributed by atoms with E-state index in [-0.39, 0.29) is 0 Å². The van der Waals surface area contributed by atoms with Crippen molar-refractivity contribution < 1.29 is 0 Å². The van der Waals surface area contributed by atoms with Crippen LogP contribution in [0.4, 0.5) is 0 Å². The lowest BCUT2D eigenvalue weighted by atomic mass is 10.1. The van der Waals surface area contributed by atoms with Gasteiger partial charge >= 0.3 is 0 Å². The smallest absolute Gasteiger partial charge is 0.0625 e. The van der Waals surface area contributed by atoms with E-state index in [0.29, 0.717) is 0 Å². The van der Waals surface area contributed by atoms with Crippen molar-refractivity contribution in [1.29, 1.82) is 0 Å². The SMILES string of the molecule is CCCCc1cc(CCCCCCCN2CCCCC2)n[nH]1. The zero-order chi connectivity index (χ0) is 15.5. The van der Waals surface area contributed by atoms with Crippen LogP contribution in [0.3, 0.4) is 0 Å². The third-order valence-electron chi connectivity index (χ3n) is 4.84. The van der Waals surface area contributed by atoms with Gasteiger partial charge in [-0.15, -0.1) is 0 Å². The number of hydrogen-bond donors (Lipinski definition) is 1. The van der Waals surface area contributed by atoms with E-state index >= 15 is 0 Å². The van der Waals surface area contributed by atoms with E-state index in [0.717, 1.165) is 12.8 Å². The number of aryl methyl sites for hydroxylation is 2. The molecule has 1 N–H and O–H groups in total. The van der Waals surface area contributed by atoms with E-state index in [1.165, 1.54) is 95.2 Å². The van der Waals surface area contributed by atoms with E-state index in [4.69, 9.17) is 0 Å². The lowest BCUT2D eigenvalue weighted by Gasteiger charge is -2.26. The second-order valence-corrected chi connectivity index (χ2v) is 6.91. The van der Waals surface area contributed by atoms with Crippen LogP contribution in [-0.2, 0) is 12.8 Å². The van der Waals surface area contributed by atoms with Gasteiger partial charge in [-0.25, -0.2) is 0 Å². The van der Waals surface area contributed by atoms with E-state index in [1.54, 1.807) is 0 Å². The van der Waals surface area contributed by atoms with Crippen LogP contribution in [0.2, 0.25) is 0 Å². The molecule has 2 heterocycles. The fourth-order valence-corrected chi connectivity index (χ4v) is 3.39. The zero-order valence-electron chi connectivity index (χ0n) is 14.6. The molecular formula is C19H35N3. The largest absolute Gasteiger partial charge is 0.303 e. The van der Waals surface area contributed by atoms with Crippen molar-refractivity contribution in [3.05, 3.63) is 17.5 Å². The van der Waals surface area contributed by atoms with Crippen molar-refractivity contribution in [3.63, 3.8) is 0 Å². The third-order valence-corrected chi connectivity index (χ3v) is 4.84. The average molecular weight is 306 g/mol. The zero-order valence-corrected chi connectivity index (χ0v) is 14.6. The first kappa shape index (κ1) is 17.5. The van der Waals surface area contributed by atoms with Gasteiger partial charge in [-0.2, -0.15) is 5.10 Å². The molecule has 0 radical (unpaired) electrons. The van der Waals surface area contributed by atoms with Crippen molar-refractivity contribution in [1.82, 2.24) is 15.1 Å². The molecule has 0 unspecified atom stereocenters. The number of piperidine rings is 1. The van der Waals surface area contributed by atoms with E-state index in [2.05, 4.69) is 28.1 Å². The van der Waals surface area contributed by atoms with Crippen molar-refractivity contribution in [3.8, 4) is 0 Å². The summed E-state index contributed by atoms with van der Waals surface area (Å²) in [6.07, 6.45) is 15.9. The molecule has 1 aliphatic heterocycles. The Morgan fingerprint density at radius 3 is 2.55 bits per heavy atom. The molecule has 1 aliphatic rings. The van der Waals surface area contributed by atoms with E-state index in [9.17, 15) is 0 Å². The Hall–Kier alpha value is -0.830. The third kappa shape index (κ3) is 6.95. The quantitative estimate of drug-likeness (QED) is 0.599. The molecule has 1 aromatic heterocycles. The van der Waals surface area contributed by atoms with Gasteiger partial charge in [0, 0.05) is 5.69 Å². The number of H-pyrrole nitrogens is 1. The Bertz CT molecular complexity index is 380. The number of aromatic amines is 1. The van der Waals surface area contributed by atoms with Crippen molar-refractivity contribution in [2.75, 3.05) is 19.6 Å². The molecule has 126 valence electrons. The molecule has 0 saturated carbocycles. The van der Waals surface area contributed by atoms with Gasteiger partial charge in [-0.1, -0.05) is 39.0 Å². The fourth-order valence-electron chi connectivity index (χ4n) is 3.39. The van der Waals surface area contributed by atoms with Gasteiger partial charge in [0.05, 0.1) is 5.69 Å². The molecule has 1 saturated heterocycles. The van der Waals surface area contributed by atoms with E-state index < -0.39 is 0 Å². The number of aromatic nitrogens is 2. The molecule has 0 bridgehead atoms. The second-order valence-electron chi connectivity index (χ2n) is 6.91. The number of nitrogens with one attached hydrogen (secondary N) is 1. The summed E-state index contributed by atoms with van der Waals surface area (Å²) in [4.78, 5) is 2.66. The van der Waals surface area contributed by atoms with Gasteiger partial charge in [0.25, 0.3) is 0 Å². The summed E-state index contributed by atoms with van der Waals surface area (Å²) in [5, 5.41) is 7.62. The summed E-state index contributed by atoms with van der Waals surface area (Å²) in [5.41, 5.74) is 2.58. The first-order valence-corrected chi connectivity index (χ1v) is 9.64. The molecule has 1 aromatic rings. The van der Waals surface area contributed by atoms with Gasteiger partial charge in [0.1, 0.15) is 0 Å². The summed E-state index contributed by atoms with van der Waals surface area (Å²) < 4.78 is 0. The molecule has 0 aliphatic carbocycles. The maximum Gasteiger partial charge on any atom is 0.0625 e. The summed E-state index contributed by atoms with van der Waals surface area (Å²) in [6.45, 7) is 6.27. The predicted molar refractivity (Wildman–Crippen MR) is 94.3 cm³/mol. The van der Waals surface area contributed by atoms with Crippen molar-refractivity contribution in [2.45, 2.75) is 84.0 Å². The number of unbranched alkanes of at least 4 members (excludes halogenated alkanes) is 5. The number of hydrogen-bond acceptors (Lipinski definition) is 2. The molecule has 0 spiro atoms. The molecule has 0 aromatic carbocycles. The molecule has 3 heteroatoms. The average Bonchev–Trinajstić information content (AvgIpc) is 3.01. The minimum Gasteiger partial charge on any atom is -0.303 e. The highest BCUT2D eigenvalue weighted by molar-refractivity contribution is 5.08. The van der Waals surface area contributed by atoms with Gasteiger partial charge in [-0.05, 0) is 70.6 Å². The summed E-state index contributed by atoms with van der Waals surface area (Å²) >= 11 is 0. The molecular weight excluding hydrogens is 270 g/mol. The van der Waals surface area contributed by atoms with Crippen molar-refractivity contribution >= 4 is 0 Å². The Balaban J connectivity index is 1.44. The van der Waals surface area contributed by atoms with Crippen LogP contribution in [0.25, 0.3) is 0 Å². The van der Waals surface area contributed by atoms with Crippen molar-refractivity contribution in [2.24, 2.45) is 0 Å². The summed E-state index contributed by atoms with van der Waals surface area (Å²) in [5.74, 6) is 0. The minimum absolute atomic E-state index is 1.15. The Kier molecular flexibility index (Phi) is 8.62. The first-order valence-electron chi connectivity index (χ1n) is 9.64. The Morgan fingerprint density at radius 2 is 1.73 bits per heavy atom. The van der Waals surface area contributed by atoms with Gasteiger partial charge in [-0.3, -0.25) is 5.10 Å². The van der Waals surface area contributed by atoms with Crippen LogP contribution in [-0.4, -0.2) is 34.7 Å². The topological polar surface area (TPSA) is 31.9 Å². The highest BCUT2D eigenvalue weighted by atomic mass is 15.1. The lowest BCUT2D eigenvalue weighted by Crippen LogP contribution is -2.30. The van der Waals surface area contributed by atoms with Crippen LogP contribution in [0, 0.1) is 0 Å². The maximum absolute atomic E-state index is 4.43. The predicted octanol–water partition coefficient (Wildman–Crippen LogP) is 4.73. The highest BCUT2D eigenvalue weighted by Crippen LogP contribution is 2.12. The number of rotatable bonds is 11. The molecule has 2 rings (SSSR count). The van der Waals surface area contributed by atoms with Gasteiger partial charge < -0.3 is 4.90 Å². The minimum atomic E-state index is 1.15. The molecule has 1 fully saturated rings. The maximum atomic E-state index is 4.43. The summed E-state index contributed by atoms with van der Waals surface area (Å²) in [7, 11) is 0. The molecule has 0 amide bonds.